The summed E-state index contributed by atoms with van der Waals surface area (Å²) >= 11 is 0. The molecule has 1 aliphatic carbocycles. The number of rotatable bonds is 5. The van der Waals surface area contributed by atoms with Crippen molar-refractivity contribution in [2.24, 2.45) is 5.92 Å². The van der Waals surface area contributed by atoms with Gasteiger partial charge in [0.25, 0.3) is 0 Å². The van der Waals surface area contributed by atoms with Crippen LogP contribution in [0.2, 0.25) is 0 Å². The van der Waals surface area contributed by atoms with Crippen molar-refractivity contribution in [3.05, 3.63) is 0 Å². The van der Waals surface area contributed by atoms with Gasteiger partial charge in [0, 0.05) is 13.1 Å². The molecule has 1 heterocycles. The first-order valence-corrected chi connectivity index (χ1v) is 5.48. The molecule has 2 N–H and O–H groups in total. The van der Waals surface area contributed by atoms with Gasteiger partial charge < -0.3 is 15.4 Å². The predicted molar refractivity (Wildman–Crippen MR) is 52.8 cm³/mol. The van der Waals surface area contributed by atoms with E-state index in [4.69, 9.17) is 4.74 Å². The quantitative estimate of drug-likeness (QED) is 0.605. The zero-order valence-corrected chi connectivity index (χ0v) is 8.22. The Balaban J connectivity index is 1.46. The fraction of sp³-hybridized carbons (Fsp3) is 1.00. The van der Waals surface area contributed by atoms with Crippen molar-refractivity contribution in [2.45, 2.75) is 25.4 Å². The number of morpholine rings is 1. The van der Waals surface area contributed by atoms with Gasteiger partial charge in [0.2, 0.25) is 0 Å². The number of hydrogen-bond donors (Lipinski definition) is 2. The topological polar surface area (TPSA) is 33.3 Å². The van der Waals surface area contributed by atoms with Crippen LogP contribution in [0.4, 0.5) is 0 Å². The van der Waals surface area contributed by atoms with Crippen LogP contribution in [-0.4, -0.2) is 38.9 Å². The molecule has 2 rings (SSSR count). The fourth-order valence-corrected chi connectivity index (χ4v) is 1.70. The molecule has 1 saturated heterocycles. The molecule has 0 radical (unpaired) electrons. The van der Waals surface area contributed by atoms with E-state index in [2.05, 4.69) is 10.6 Å². The molecule has 1 aliphatic heterocycles. The molecule has 1 atom stereocenters. The van der Waals surface area contributed by atoms with E-state index >= 15 is 0 Å². The highest BCUT2D eigenvalue weighted by atomic mass is 16.5. The Morgan fingerprint density at radius 1 is 1.38 bits per heavy atom. The van der Waals surface area contributed by atoms with Crippen LogP contribution in [0, 0.1) is 5.92 Å². The first-order chi connectivity index (χ1) is 6.45. The second-order valence-corrected chi connectivity index (χ2v) is 4.13. The van der Waals surface area contributed by atoms with Crippen molar-refractivity contribution >= 4 is 0 Å². The van der Waals surface area contributed by atoms with Crippen LogP contribution >= 0.6 is 0 Å². The number of hydrogen-bond acceptors (Lipinski definition) is 3. The van der Waals surface area contributed by atoms with Crippen molar-refractivity contribution in [1.82, 2.24) is 10.6 Å². The Kier molecular flexibility index (Phi) is 3.58. The maximum atomic E-state index is 5.60. The molecule has 3 heteroatoms. The van der Waals surface area contributed by atoms with E-state index in [9.17, 15) is 0 Å². The van der Waals surface area contributed by atoms with Gasteiger partial charge in [-0.3, -0.25) is 0 Å². The smallest absolute Gasteiger partial charge is 0.0712 e. The molecule has 0 bridgehead atoms. The summed E-state index contributed by atoms with van der Waals surface area (Å²) in [7, 11) is 0. The van der Waals surface area contributed by atoms with Gasteiger partial charge in [-0.15, -0.1) is 0 Å². The summed E-state index contributed by atoms with van der Waals surface area (Å²) in [5.41, 5.74) is 0. The molecule has 0 aromatic carbocycles. The van der Waals surface area contributed by atoms with E-state index in [1.807, 2.05) is 0 Å². The van der Waals surface area contributed by atoms with Gasteiger partial charge in [0.1, 0.15) is 0 Å². The van der Waals surface area contributed by atoms with E-state index in [0.29, 0.717) is 6.10 Å². The fourth-order valence-electron chi connectivity index (χ4n) is 1.70. The molecule has 0 spiro atoms. The van der Waals surface area contributed by atoms with E-state index in [1.54, 1.807) is 0 Å². The van der Waals surface area contributed by atoms with Crippen molar-refractivity contribution in [3.63, 3.8) is 0 Å². The van der Waals surface area contributed by atoms with Crippen LogP contribution in [0.1, 0.15) is 19.3 Å². The summed E-state index contributed by atoms with van der Waals surface area (Å²) in [5, 5.41) is 6.83. The lowest BCUT2D eigenvalue weighted by Crippen LogP contribution is -2.40. The minimum absolute atomic E-state index is 0.445. The minimum Gasteiger partial charge on any atom is -0.376 e. The lowest BCUT2D eigenvalue weighted by molar-refractivity contribution is 0.0239. The van der Waals surface area contributed by atoms with Gasteiger partial charge in [0.05, 0.1) is 12.7 Å². The van der Waals surface area contributed by atoms with Crippen molar-refractivity contribution < 1.29 is 4.74 Å². The molecule has 76 valence electrons. The third-order valence-electron chi connectivity index (χ3n) is 2.78. The van der Waals surface area contributed by atoms with Crippen molar-refractivity contribution in [3.8, 4) is 0 Å². The standard InChI is InChI=1S/C10H20N2O/c1-2-9(1)7-11-4-3-10-8-12-5-6-13-10/h9-12H,1-8H2. The van der Waals surface area contributed by atoms with Crippen LogP contribution < -0.4 is 10.6 Å². The maximum absolute atomic E-state index is 5.60. The lowest BCUT2D eigenvalue weighted by atomic mass is 10.2. The maximum Gasteiger partial charge on any atom is 0.0712 e. The summed E-state index contributed by atoms with van der Waals surface area (Å²) < 4.78 is 5.60. The monoisotopic (exact) mass is 184 g/mol. The van der Waals surface area contributed by atoms with Crippen LogP contribution in [0.15, 0.2) is 0 Å². The molecular weight excluding hydrogens is 164 g/mol. The third kappa shape index (κ3) is 3.63. The van der Waals surface area contributed by atoms with E-state index in [1.165, 1.54) is 19.4 Å². The molecule has 13 heavy (non-hydrogen) atoms. The first-order valence-electron chi connectivity index (χ1n) is 5.48. The predicted octanol–water partition coefficient (Wildman–Crippen LogP) is 0.364. The summed E-state index contributed by atoms with van der Waals surface area (Å²) in [6, 6.07) is 0. The van der Waals surface area contributed by atoms with Gasteiger partial charge in [-0.05, 0) is 38.3 Å². The summed E-state index contributed by atoms with van der Waals surface area (Å²) in [6.45, 7) is 5.27. The molecule has 2 fully saturated rings. The molecular formula is C10H20N2O. The zero-order chi connectivity index (χ0) is 8.93. The summed E-state index contributed by atoms with van der Waals surface area (Å²) in [5.74, 6) is 0.991. The number of nitrogens with one attached hydrogen (secondary N) is 2. The number of ether oxygens (including phenoxy) is 1. The van der Waals surface area contributed by atoms with E-state index in [0.717, 1.165) is 38.6 Å². The van der Waals surface area contributed by atoms with Crippen LogP contribution in [0.5, 0.6) is 0 Å². The molecule has 1 unspecified atom stereocenters. The average Bonchev–Trinajstić information content (AvgIpc) is 2.98. The van der Waals surface area contributed by atoms with Gasteiger partial charge in [-0.1, -0.05) is 0 Å². The summed E-state index contributed by atoms with van der Waals surface area (Å²) in [6.07, 6.45) is 4.48. The van der Waals surface area contributed by atoms with Gasteiger partial charge in [-0.25, -0.2) is 0 Å². The molecule has 2 aliphatic rings. The Bertz CT molecular complexity index is 142. The largest absolute Gasteiger partial charge is 0.376 e. The Hall–Kier alpha value is -0.120. The second-order valence-electron chi connectivity index (χ2n) is 4.13. The Labute approximate surface area is 80.2 Å². The van der Waals surface area contributed by atoms with E-state index < -0.39 is 0 Å². The highest BCUT2D eigenvalue weighted by Gasteiger charge is 2.20. The molecule has 0 aromatic rings. The molecule has 0 aromatic heterocycles. The minimum atomic E-state index is 0.445. The lowest BCUT2D eigenvalue weighted by Gasteiger charge is -2.23. The van der Waals surface area contributed by atoms with Crippen molar-refractivity contribution in [1.29, 1.82) is 0 Å². The molecule has 0 amide bonds. The van der Waals surface area contributed by atoms with Crippen LogP contribution in [0.25, 0.3) is 0 Å². The second kappa shape index (κ2) is 4.94. The zero-order valence-electron chi connectivity index (χ0n) is 8.22. The van der Waals surface area contributed by atoms with Gasteiger partial charge >= 0.3 is 0 Å². The third-order valence-corrected chi connectivity index (χ3v) is 2.78. The summed E-state index contributed by atoms with van der Waals surface area (Å²) in [4.78, 5) is 0. The molecule has 3 nitrogen and oxygen atoms in total. The van der Waals surface area contributed by atoms with Gasteiger partial charge in [0.15, 0.2) is 0 Å². The first kappa shape index (κ1) is 9.44. The van der Waals surface area contributed by atoms with Crippen LogP contribution in [0.3, 0.4) is 0 Å². The average molecular weight is 184 g/mol. The Morgan fingerprint density at radius 3 is 3.00 bits per heavy atom. The van der Waals surface area contributed by atoms with E-state index in [-0.39, 0.29) is 0 Å². The molecule has 1 saturated carbocycles. The SMILES string of the molecule is C(CC1CNCCO1)NCC1CC1. The highest BCUT2D eigenvalue weighted by molar-refractivity contribution is 4.76. The van der Waals surface area contributed by atoms with Gasteiger partial charge in [-0.2, -0.15) is 0 Å². The normalized spacial score (nSPS) is 29.1. The van der Waals surface area contributed by atoms with Crippen LogP contribution in [-0.2, 0) is 4.74 Å². The Morgan fingerprint density at radius 2 is 2.31 bits per heavy atom. The van der Waals surface area contributed by atoms with Crippen molar-refractivity contribution in [2.75, 3.05) is 32.8 Å². The highest BCUT2D eigenvalue weighted by Crippen LogP contribution is 2.27.